The largest absolute Gasteiger partial charge is 0.416 e. The van der Waals surface area contributed by atoms with Gasteiger partial charge in [-0.1, -0.05) is 56.3 Å². The lowest BCUT2D eigenvalue weighted by molar-refractivity contribution is -0.137. The molecule has 3 aromatic carbocycles. The Kier molecular flexibility index (Phi) is 13.2. The van der Waals surface area contributed by atoms with E-state index in [-0.39, 0.29) is 42.8 Å². The number of para-hydroxylation sites is 1. The molecule has 1 amide bonds. The zero-order valence-corrected chi connectivity index (χ0v) is 28.8. The van der Waals surface area contributed by atoms with Crippen molar-refractivity contribution in [2.75, 3.05) is 37.6 Å². The van der Waals surface area contributed by atoms with E-state index >= 15 is 0 Å². The van der Waals surface area contributed by atoms with Crippen LogP contribution in [0.5, 0.6) is 0 Å². The van der Waals surface area contributed by atoms with Crippen LogP contribution in [0.4, 0.5) is 27.6 Å². The van der Waals surface area contributed by atoms with Crippen LogP contribution in [0, 0.1) is 11.6 Å². The Labute approximate surface area is 290 Å². The lowest BCUT2D eigenvalue weighted by Crippen LogP contribution is -2.46. The zero-order valence-electron chi connectivity index (χ0n) is 28.8. The third-order valence-corrected chi connectivity index (χ3v) is 8.93. The van der Waals surface area contributed by atoms with Crippen LogP contribution in [0.1, 0.15) is 61.2 Å². The van der Waals surface area contributed by atoms with Crippen LogP contribution < -0.4 is 4.90 Å². The first-order valence-corrected chi connectivity index (χ1v) is 16.7. The second-order valence-corrected chi connectivity index (χ2v) is 12.3. The fraction of sp³-hybridized carbons (Fsp3) is 0.359. The SMILES string of the molecule is CCN(CC)CCN(Cc1ccc(-c2ccc(C(F)(F)F)cc2)nc1)C(=O)CN(c1ccccc1C(C)=O)C(C)CCc1cccc(F)c1F. The first kappa shape index (κ1) is 38.2. The fourth-order valence-corrected chi connectivity index (χ4v) is 5.84. The lowest BCUT2D eigenvalue weighted by Gasteiger charge is -2.35. The quantitative estimate of drug-likeness (QED) is 0.0871. The predicted molar refractivity (Wildman–Crippen MR) is 186 cm³/mol. The van der Waals surface area contributed by atoms with Crippen LogP contribution in [0.2, 0.25) is 0 Å². The smallest absolute Gasteiger partial charge is 0.359 e. The minimum Gasteiger partial charge on any atom is -0.359 e. The lowest BCUT2D eigenvalue weighted by atomic mass is 10.0. The highest BCUT2D eigenvalue weighted by Gasteiger charge is 2.30. The highest BCUT2D eigenvalue weighted by atomic mass is 19.4. The highest BCUT2D eigenvalue weighted by Crippen LogP contribution is 2.31. The fourth-order valence-electron chi connectivity index (χ4n) is 5.84. The number of amides is 1. The number of carbonyl (C=O) groups is 2. The Hall–Kier alpha value is -4.64. The average molecular weight is 695 g/mol. The average Bonchev–Trinajstić information content (AvgIpc) is 3.10. The first-order valence-electron chi connectivity index (χ1n) is 16.7. The molecule has 0 fully saturated rings. The summed E-state index contributed by atoms with van der Waals surface area (Å²) in [6, 6.07) is 19.1. The molecule has 50 heavy (non-hydrogen) atoms. The van der Waals surface area contributed by atoms with Gasteiger partial charge in [-0.3, -0.25) is 14.6 Å². The van der Waals surface area contributed by atoms with Gasteiger partial charge in [-0.2, -0.15) is 13.2 Å². The van der Waals surface area contributed by atoms with Gasteiger partial charge in [-0.05, 0) is 87.3 Å². The number of ketones is 1. The minimum atomic E-state index is -4.43. The molecule has 0 aliphatic carbocycles. The number of hydrogen-bond acceptors (Lipinski definition) is 5. The Morgan fingerprint density at radius 1 is 0.860 bits per heavy atom. The number of anilines is 1. The Morgan fingerprint density at radius 2 is 1.56 bits per heavy atom. The Bertz CT molecular complexity index is 1720. The predicted octanol–water partition coefficient (Wildman–Crippen LogP) is 8.45. The number of likely N-dealkylation sites (N-methyl/N-ethyl adjacent to an activating group) is 1. The number of Topliss-reactive ketones (excluding diaryl/α,β-unsaturated/α-hetero) is 1. The molecule has 0 bridgehead atoms. The van der Waals surface area contributed by atoms with Crippen LogP contribution in [0.15, 0.2) is 85.1 Å². The number of benzene rings is 3. The van der Waals surface area contributed by atoms with Crippen LogP contribution >= 0.6 is 0 Å². The molecule has 0 spiro atoms. The minimum absolute atomic E-state index is 0.0770. The van der Waals surface area contributed by atoms with Gasteiger partial charge in [0.15, 0.2) is 17.4 Å². The maximum Gasteiger partial charge on any atom is 0.416 e. The second-order valence-electron chi connectivity index (χ2n) is 12.3. The molecule has 266 valence electrons. The van der Waals surface area contributed by atoms with E-state index in [1.165, 1.54) is 31.2 Å². The van der Waals surface area contributed by atoms with Crippen molar-refractivity contribution >= 4 is 17.4 Å². The maximum absolute atomic E-state index is 14.5. The van der Waals surface area contributed by atoms with Crippen molar-refractivity contribution < 1.29 is 31.5 Å². The van der Waals surface area contributed by atoms with E-state index in [0.29, 0.717) is 42.0 Å². The molecular weight excluding hydrogens is 651 g/mol. The number of alkyl halides is 3. The third kappa shape index (κ3) is 9.97. The number of rotatable bonds is 16. The normalized spacial score (nSPS) is 12.2. The third-order valence-electron chi connectivity index (χ3n) is 8.93. The summed E-state index contributed by atoms with van der Waals surface area (Å²) >= 11 is 0. The monoisotopic (exact) mass is 694 g/mol. The molecule has 0 saturated heterocycles. The standard InChI is InChI=1S/C39H43F5N4O2/c1-5-46(6-2)22-23-47(25-29-15-21-35(45-24-29)30-17-19-32(20-18-30)39(42,43)44)37(50)26-48(36-13-8-7-11-33(36)28(4)49)27(3)14-16-31-10-9-12-34(40)38(31)41/h7-13,15,17-21,24,27H,5-6,14,16,22-23,25-26H2,1-4H3. The van der Waals surface area contributed by atoms with E-state index in [1.807, 2.05) is 25.7 Å². The van der Waals surface area contributed by atoms with Crippen LogP contribution in [-0.2, 0) is 23.9 Å². The van der Waals surface area contributed by atoms with E-state index in [9.17, 15) is 31.5 Å². The van der Waals surface area contributed by atoms with Crippen molar-refractivity contribution in [2.45, 2.75) is 59.3 Å². The van der Waals surface area contributed by atoms with Crippen molar-refractivity contribution in [3.8, 4) is 11.3 Å². The maximum atomic E-state index is 14.5. The molecule has 4 rings (SSSR count). The van der Waals surface area contributed by atoms with Gasteiger partial charge in [-0.25, -0.2) is 8.78 Å². The molecule has 0 radical (unpaired) electrons. The summed E-state index contributed by atoms with van der Waals surface area (Å²) in [4.78, 5) is 37.2. The summed E-state index contributed by atoms with van der Waals surface area (Å²) < 4.78 is 67.6. The van der Waals surface area contributed by atoms with E-state index < -0.39 is 23.4 Å². The van der Waals surface area contributed by atoms with Gasteiger partial charge in [0.25, 0.3) is 0 Å². The number of aryl methyl sites for hydroxylation is 1. The molecule has 6 nitrogen and oxygen atoms in total. The van der Waals surface area contributed by atoms with E-state index in [2.05, 4.69) is 9.88 Å². The van der Waals surface area contributed by atoms with Crippen LogP contribution in [0.3, 0.4) is 0 Å². The molecular formula is C39H43F5N4O2. The van der Waals surface area contributed by atoms with Crippen molar-refractivity contribution in [3.63, 3.8) is 0 Å². The summed E-state index contributed by atoms with van der Waals surface area (Å²) in [5, 5.41) is 0. The number of aromatic nitrogens is 1. The van der Waals surface area contributed by atoms with Crippen molar-refractivity contribution in [3.05, 3.63) is 119 Å². The number of nitrogens with zero attached hydrogens (tertiary/aromatic N) is 4. The van der Waals surface area contributed by atoms with Gasteiger partial charge >= 0.3 is 6.18 Å². The van der Waals surface area contributed by atoms with Gasteiger partial charge in [0.1, 0.15) is 0 Å². The van der Waals surface area contributed by atoms with Crippen molar-refractivity contribution in [2.24, 2.45) is 0 Å². The molecule has 0 N–H and O–H groups in total. The summed E-state index contributed by atoms with van der Waals surface area (Å²) in [5.74, 6) is -2.19. The topological polar surface area (TPSA) is 56.8 Å². The summed E-state index contributed by atoms with van der Waals surface area (Å²) in [7, 11) is 0. The van der Waals surface area contributed by atoms with Gasteiger partial charge < -0.3 is 14.7 Å². The Morgan fingerprint density at radius 3 is 2.18 bits per heavy atom. The molecule has 0 aliphatic heterocycles. The van der Waals surface area contributed by atoms with Crippen LogP contribution in [0.25, 0.3) is 11.3 Å². The van der Waals surface area contributed by atoms with E-state index in [1.54, 1.807) is 47.5 Å². The van der Waals surface area contributed by atoms with Gasteiger partial charge in [0.2, 0.25) is 5.91 Å². The molecule has 11 heteroatoms. The molecule has 1 atom stereocenters. The molecule has 1 aromatic heterocycles. The summed E-state index contributed by atoms with van der Waals surface area (Å²) in [5.41, 5.74) is 2.28. The molecule has 1 heterocycles. The number of hydrogen-bond donors (Lipinski definition) is 0. The molecule has 0 saturated carbocycles. The van der Waals surface area contributed by atoms with Gasteiger partial charge in [-0.15, -0.1) is 0 Å². The van der Waals surface area contributed by atoms with E-state index in [4.69, 9.17) is 0 Å². The number of carbonyl (C=O) groups excluding carboxylic acids is 2. The highest BCUT2D eigenvalue weighted by molar-refractivity contribution is 6.00. The number of halogens is 5. The number of pyridine rings is 1. The zero-order chi connectivity index (χ0) is 36.4. The summed E-state index contributed by atoms with van der Waals surface area (Å²) in [6.07, 6.45) is -2.21. The molecule has 1 unspecified atom stereocenters. The van der Waals surface area contributed by atoms with Crippen molar-refractivity contribution in [1.82, 2.24) is 14.8 Å². The molecule has 0 aliphatic rings. The first-order chi connectivity index (χ1) is 23.8. The summed E-state index contributed by atoms with van der Waals surface area (Å²) in [6.45, 7) is 10.2. The van der Waals surface area contributed by atoms with Gasteiger partial charge in [0, 0.05) is 48.7 Å². The van der Waals surface area contributed by atoms with E-state index in [0.717, 1.165) is 36.9 Å². The molecule has 4 aromatic rings. The van der Waals surface area contributed by atoms with Crippen molar-refractivity contribution in [1.29, 1.82) is 0 Å². The van der Waals surface area contributed by atoms with Gasteiger partial charge in [0.05, 0.1) is 17.8 Å². The second kappa shape index (κ2) is 17.3. The Balaban J connectivity index is 1.60. The van der Waals surface area contributed by atoms with Crippen LogP contribution in [-0.4, -0.2) is 65.2 Å².